The van der Waals surface area contributed by atoms with Gasteiger partial charge in [0, 0.05) is 16.7 Å². The van der Waals surface area contributed by atoms with E-state index >= 15 is 0 Å². The van der Waals surface area contributed by atoms with E-state index in [0.29, 0.717) is 21.2 Å². The zero-order valence-electron chi connectivity index (χ0n) is 13.4. The van der Waals surface area contributed by atoms with E-state index in [1.165, 1.54) is 18.4 Å². The van der Waals surface area contributed by atoms with E-state index in [2.05, 4.69) is 15.5 Å². The molecule has 3 rings (SSSR count). The summed E-state index contributed by atoms with van der Waals surface area (Å²) in [4.78, 5) is 22.9. The number of nitro benzene ring substituents is 1. The maximum Gasteiger partial charge on any atom is 0.276 e. The Hall–Kier alpha value is -2.68. The third-order valence-electron chi connectivity index (χ3n) is 3.38. The SMILES string of the molecule is O=C1N/C(=N\N=C/c2ccc(Cl)cc2Cl)S/C1=C/c1ccccc1[N+](=O)[O-]. The van der Waals surface area contributed by atoms with Crippen LogP contribution in [0.2, 0.25) is 10.0 Å². The lowest BCUT2D eigenvalue weighted by Gasteiger charge is -1.97. The number of amides is 1. The van der Waals surface area contributed by atoms with Crippen LogP contribution in [0.25, 0.3) is 6.08 Å². The average Bonchev–Trinajstić information content (AvgIpc) is 2.96. The fourth-order valence-corrected chi connectivity index (χ4v) is 3.37. The smallest absolute Gasteiger partial charge is 0.276 e. The van der Waals surface area contributed by atoms with E-state index < -0.39 is 10.8 Å². The summed E-state index contributed by atoms with van der Waals surface area (Å²) < 4.78 is 0. The number of rotatable bonds is 4. The van der Waals surface area contributed by atoms with Crippen molar-refractivity contribution < 1.29 is 9.72 Å². The number of nitrogens with zero attached hydrogens (tertiary/aromatic N) is 3. The summed E-state index contributed by atoms with van der Waals surface area (Å²) in [6, 6.07) is 11.1. The maximum atomic E-state index is 12.1. The first-order valence-electron chi connectivity index (χ1n) is 7.44. The van der Waals surface area contributed by atoms with E-state index in [4.69, 9.17) is 23.2 Å². The number of nitrogens with one attached hydrogen (secondary N) is 1. The first kappa shape index (κ1) is 19.1. The molecule has 0 aromatic heterocycles. The number of thioether (sulfide) groups is 1. The number of amidine groups is 1. The van der Waals surface area contributed by atoms with Gasteiger partial charge in [0.05, 0.1) is 26.6 Å². The molecule has 1 amide bonds. The van der Waals surface area contributed by atoms with Crippen LogP contribution in [0.5, 0.6) is 0 Å². The Morgan fingerprint density at radius 3 is 2.67 bits per heavy atom. The first-order valence-corrected chi connectivity index (χ1v) is 9.01. The molecule has 7 nitrogen and oxygen atoms in total. The predicted octanol–water partition coefficient (Wildman–Crippen LogP) is 4.50. The van der Waals surface area contributed by atoms with Gasteiger partial charge >= 0.3 is 0 Å². The lowest BCUT2D eigenvalue weighted by Crippen LogP contribution is -2.19. The summed E-state index contributed by atoms with van der Waals surface area (Å²) in [6.07, 6.45) is 2.88. The molecule has 1 aliphatic rings. The molecule has 0 radical (unpaired) electrons. The van der Waals surface area contributed by atoms with Crippen LogP contribution in [-0.4, -0.2) is 22.2 Å². The summed E-state index contributed by atoms with van der Waals surface area (Å²) in [5.74, 6) is -0.406. The number of hydrogen-bond donors (Lipinski definition) is 1. The highest BCUT2D eigenvalue weighted by Gasteiger charge is 2.25. The van der Waals surface area contributed by atoms with Gasteiger partial charge in [0.2, 0.25) is 0 Å². The standard InChI is InChI=1S/C17H10Cl2N4O3S/c18-12-6-5-11(13(19)8-12)9-20-22-17-21-16(24)15(27-17)7-10-3-1-2-4-14(10)23(25)26/h1-9H,(H,21,22,24)/b15-7+,20-9-. The number of hydrogen-bond acceptors (Lipinski definition) is 6. The number of carbonyl (C=O) groups excluding carboxylic acids is 1. The third kappa shape index (κ3) is 4.73. The van der Waals surface area contributed by atoms with Gasteiger partial charge in [-0.2, -0.15) is 5.10 Å². The van der Waals surface area contributed by atoms with Crippen LogP contribution in [0, 0.1) is 10.1 Å². The van der Waals surface area contributed by atoms with Crippen LogP contribution in [0.1, 0.15) is 11.1 Å². The lowest BCUT2D eigenvalue weighted by molar-refractivity contribution is -0.385. The molecular weight excluding hydrogens is 411 g/mol. The summed E-state index contributed by atoms with van der Waals surface area (Å²) >= 11 is 12.9. The molecule has 2 aromatic rings. The fourth-order valence-electron chi connectivity index (χ4n) is 2.14. The van der Waals surface area contributed by atoms with Crippen molar-refractivity contribution in [3.63, 3.8) is 0 Å². The zero-order chi connectivity index (χ0) is 19.4. The molecular formula is C17H10Cl2N4O3S. The van der Waals surface area contributed by atoms with E-state index in [1.54, 1.807) is 36.4 Å². The van der Waals surface area contributed by atoms with Crippen molar-refractivity contribution in [3.8, 4) is 0 Å². The number of carbonyl (C=O) groups is 1. The molecule has 1 aliphatic heterocycles. The normalized spacial score (nSPS) is 17.0. The van der Waals surface area contributed by atoms with Crippen LogP contribution < -0.4 is 5.32 Å². The summed E-state index contributed by atoms with van der Waals surface area (Å²) in [5, 5.41) is 22.6. The highest BCUT2D eigenvalue weighted by Crippen LogP contribution is 2.29. The second-order valence-corrected chi connectivity index (χ2v) is 7.07. The molecule has 0 unspecified atom stereocenters. The highest BCUT2D eigenvalue weighted by molar-refractivity contribution is 8.18. The van der Waals surface area contributed by atoms with Crippen molar-refractivity contribution in [2.24, 2.45) is 10.2 Å². The Bertz CT molecular complexity index is 1020. The molecule has 2 aromatic carbocycles. The van der Waals surface area contributed by atoms with Crippen LogP contribution in [-0.2, 0) is 4.79 Å². The third-order valence-corrected chi connectivity index (χ3v) is 4.84. The lowest BCUT2D eigenvalue weighted by atomic mass is 10.1. The molecule has 1 saturated heterocycles. The van der Waals surface area contributed by atoms with Crippen LogP contribution >= 0.6 is 35.0 Å². The number of halogens is 2. The predicted molar refractivity (Wildman–Crippen MR) is 108 cm³/mol. The van der Waals surface area contributed by atoms with E-state index in [9.17, 15) is 14.9 Å². The van der Waals surface area contributed by atoms with Crippen molar-refractivity contribution in [1.82, 2.24) is 5.32 Å². The molecule has 0 saturated carbocycles. The number of para-hydroxylation sites is 1. The van der Waals surface area contributed by atoms with Gasteiger partial charge in [0.25, 0.3) is 11.6 Å². The van der Waals surface area contributed by atoms with Gasteiger partial charge in [0.15, 0.2) is 5.17 Å². The molecule has 27 heavy (non-hydrogen) atoms. The van der Waals surface area contributed by atoms with Gasteiger partial charge < -0.3 is 0 Å². The van der Waals surface area contributed by atoms with E-state index in [1.807, 2.05) is 0 Å². The molecule has 1 heterocycles. The minimum atomic E-state index is -0.501. The Kier molecular flexibility index (Phi) is 5.90. The summed E-state index contributed by atoms with van der Waals surface area (Å²) in [6.45, 7) is 0. The summed E-state index contributed by atoms with van der Waals surface area (Å²) in [5.41, 5.74) is 0.868. The maximum absolute atomic E-state index is 12.1. The van der Waals surface area contributed by atoms with E-state index in [-0.39, 0.29) is 15.8 Å². The molecule has 136 valence electrons. The fraction of sp³-hybridized carbons (Fsp3) is 0. The molecule has 10 heteroatoms. The first-order chi connectivity index (χ1) is 12.9. The molecule has 0 atom stereocenters. The van der Waals surface area contributed by atoms with Gasteiger partial charge in [-0.25, -0.2) is 0 Å². The zero-order valence-corrected chi connectivity index (χ0v) is 15.8. The van der Waals surface area contributed by atoms with Crippen molar-refractivity contribution in [2.45, 2.75) is 0 Å². The second-order valence-electron chi connectivity index (χ2n) is 5.20. The van der Waals surface area contributed by atoms with Crippen molar-refractivity contribution in [1.29, 1.82) is 0 Å². The quantitative estimate of drug-likeness (QED) is 0.340. The minimum absolute atomic E-state index is 0.0841. The average molecular weight is 421 g/mol. The number of benzene rings is 2. The topological polar surface area (TPSA) is 97.0 Å². The Morgan fingerprint density at radius 2 is 1.93 bits per heavy atom. The van der Waals surface area contributed by atoms with Crippen molar-refractivity contribution >= 4 is 64.0 Å². The van der Waals surface area contributed by atoms with Crippen molar-refractivity contribution in [3.05, 3.63) is 78.7 Å². The molecule has 0 spiro atoms. The largest absolute Gasteiger partial charge is 0.299 e. The molecule has 0 aliphatic carbocycles. The Balaban J connectivity index is 1.78. The van der Waals surface area contributed by atoms with E-state index in [0.717, 1.165) is 11.8 Å². The van der Waals surface area contributed by atoms with Crippen LogP contribution in [0.3, 0.4) is 0 Å². The molecule has 1 fully saturated rings. The monoisotopic (exact) mass is 420 g/mol. The van der Waals surface area contributed by atoms with Gasteiger partial charge in [0.1, 0.15) is 0 Å². The van der Waals surface area contributed by atoms with Gasteiger partial charge in [-0.05, 0) is 36.0 Å². The van der Waals surface area contributed by atoms with Gasteiger partial charge in [-0.15, -0.1) is 5.10 Å². The Labute approximate surface area is 167 Å². The van der Waals surface area contributed by atoms with Crippen molar-refractivity contribution in [2.75, 3.05) is 0 Å². The molecule has 0 bridgehead atoms. The van der Waals surface area contributed by atoms with Gasteiger partial charge in [-0.1, -0.05) is 41.4 Å². The summed E-state index contributed by atoms with van der Waals surface area (Å²) in [7, 11) is 0. The van der Waals surface area contributed by atoms with Crippen LogP contribution in [0.15, 0.2) is 57.6 Å². The second kappa shape index (κ2) is 8.34. The minimum Gasteiger partial charge on any atom is -0.299 e. The number of nitro groups is 1. The van der Waals surface area contributed by atoms with Gasteiger partial charge in [-0.3, -0.25) is 20.2 Å². The Morgan fingerprint density at radius 1 is 1.15 bits per heavy atom. The highest BCUT2D eigenvalue weighted by atomic mass is 35.5. The molecule has 1 N–H and O–H groups in total. The van der Waals surface area contributed by atoms with Crippen LogP contribution in [0.4, 0.5) is 5.69 Å².